The maximum atomic E-state index is 10.5. The Morgan fingerprint density at radius 3 is 2.41 bits per heavy atom. The van der Waals surface area contributed by atoms with Crippen LogP contribution in [0.15, 0.2) is 28.1 Å². The van der Waals surface area contributed by atoms with Crippen LogP contribution in [0.5, 0.6) is 0 Å². The topological polar surface area (TPSA) is 20.2 Å². The predicted molar refractivity (Wildman–Crippen MR) is 76.7 cm³/mol. The van der Waals surface area contributed by atoms with Gasteiger partial charge in [0.1, 0.15) is 6.10 Å². The molecule has 0 aliphatic rings. The summed E-state index contributed by atoms with van der Waals surface area (Å²) in [4.78, 5) is 1.04. The standard InChI is InChI=1S/C14H15BrOS/c1-8-4-5-17-14(8)13(16)11-6-10(3)12(15)7-9(11)2/h4-7,13,16H,1-3H3. The van der Waals surface area contributed by atoms with Gasteiger partial charge in [0.25, 0.3) is 0 Å². The van der Waals surface area contributed by atoms with Crippen LogP contribution in [0.2, 0.25) is 0 Å². The third-order valence-corrected chi connectivity index (χ3v) is 4.92. The number of aryl methyl sites for hydroxylation is 3. The fourth-order valence-electron chi connectivity index (χ4n) is 1.90. The number of benzene rings is 1. The largest absolute Gasteiger partial charge is 0.383 e. The Balaban J connectivity index is 2.48. The van der Waals surface area contributed by atoms with Gasteiger partial charge in [0, 0.05) is 9.35 Å². The molecular weight excluding hydrogens is 296 g/mol. The van der Waals surface area contributed by atoms with E-state index in [0.717, 1.165) is 31.6 Å². The molecule has 0 saturated carbocycles. The van der Waals surface area contributed by atoms with Gasteiger partial charge in [0.15, 0.2) is 0 Å². The number of rotatable bonds is 2. The second-order valence-electron chi connectivity index (χ2n) is 4.33. The SMILES string of the molecule is Cc1cc(C(O)c2sccc2C)c(C)cc1Br. The normalized spacial score (nSPS) is 12.8. The summed E-state index contributed by atoms with van der Waals surface area (Å²) < 4.78 is 1.09. The van der Waals surface area contributed by atoms with Crippen molar-refractivity contribution in [2.45, 2.75) is 26.9 Å². The number of hydrogen-bond acceptors (Lipinski definition) is 2. The van der Waals surface area contributed by atoms with E-state index in [0.29, 0.717) is 0 Å². The van der Waals surface area contributed by atoms with Crippen LogP contribution in [0.3, 0.4) is 0 Å². The van der Waals surface area contributed by atoms with Crippen LogP contribution >= 0.6 is 27.3 Å². The molecule has 1 aromatic carbocycles. The molecule has 1 atom stereocenters. The molecule has 0 saturated heterocycles. The van der Waals surface area contributed by atoms with Gasteiger partial charge in [-0.05, 0) is 60.5 Å². The van der Waals surface area contributed by atoms with Gasteiger partial charge >= 0.3 is 0 Å². The molecule has 0 bridgehead atoms. The zero-order chi connectivity index (χ0) is 12.6. The first kappa shape index (κ1) is 12.8. The Labute approximate surface area is 114 Å². The third-order valence-electron chi connectivity index (χ3n) is 2.99. The lowest BCUT2D eigenvalue weighted by atomic mass is 9.99. The summed E-state index contributed by atoms with van der Waals surface area (Å²) in [6.45, 7) is 6.11. The molecule has 1 N–H and O–H groups in total. The van der Waals surface area contributed by atoms with Crippen molar-refractivity contribution in [1.29, 1.82) is 0 Å². The Bertz CT molecular complexity index is 545. The molecular formula is C14H15BrOS. The van der Waals surface area contributed by atoms with Crippen LogP contribution in [0, 0.1) is 20.8 Å². The first-order valence-electron chi connectivity index (χ1n) is 5.49. The number of aliphatic hydroxyl groups is 1. The summed E-state index contributed by atoms with van der Waals surface area (Å²) in [5.41, 5.74) is 4.42. The summed E-state index contributed by atoms with van der Waals surface area (Å²) in [5, 5.41) is 12.5. The lowest BCUT2D eigenvalue weighted by Gasteiger charge is -2.15. The highest BCUT2D eigenvalue weighted by molar-refractivity contribution is 9.10. The molecule has 3 heteroatoms. The average molecular weight is 311 g/mol. The lowest BCUT2D eigenvalue weighted by Crippen LogP contribution is -2.02. The molecule has 1 aromatic heterocycles. The van der Waals surface area contributed by atoms with Crippen molar-refractivity contribution in [2.24, 2.45) is 0 Å². The number of hydrogen-bond donors (Lipinski definition) is 1. The monoisotopic (exact) mass is 310 g/mol. The van der Waals surface area contributed by atoms with E-state index in [1.807, 2.05) is 32.2 Å². The molecule has 0 spiro atoms. The molecule has 17 heavy (non-hydrogen) atoms. The van der Waals surface area contributed by atoms with Crippen molar-refractivity contribution in [2.75, 3.05) is 0 Å². The first-order chi connectivity index (χ1) is 8.00. The smallest absolute Gasteiger partial charge is 0.114 e. The quantitative estimate of drug-likeness (QED) is 0.864. The molecule has 90 valence electrons. The van der Waals surface area contributed by atoms with Crippen molar-refractivity contribution in [1.82, 2.24) is 0 Å². The maximum Gasteiger partial charge on any atom is 0.114 e. The highest BCUT2D eigenvalue weighted by Gasteiger charge is 2.17. The molecule has 2 rings (SSSR count). The van der Waals surface area contributed by atoms with Gasteiger partial charge in [-0.25, -0.2) is 0 Å². The van der Waals surface area contributed by atoms with Gasteiger partial charge in [-0.2, -0.15) is 0 Å². The van der Waals surface area contributed by atoms with Crippen LogP contribution < -0.4 is 0 Å². The van der Waals surface area contributed by atoms with E-state index in [4.69, 9.17) is 0 Å². The van der Waals surface area contributed by atoms with E-state index in [9.17, 15) is 5.11 Å². The Kier molecular flexibility index (Phi) is 3.71. The van der Waals surface area contributed by atoms with Crippen LogP contribution in [0.4, 0.5) is 0 Å². The highest BCUT2D eigenvalue weighted by atomic mass is 79.9. The molecule has 1 nitrogen and oxygen atoms in total. The summed E-state index contributed by atoms with van der Waals surface area (Å²) >= 11 is 5.12. The molecule has 0 aliphatic carbocycles. The van der Waals surface area contributed by atoms with Gasteiger partial charge in [0.05, 0.1) is 0 Å². The van der Waals surface area contributed by atoms with Crippen molar-refractivity contribution in [3.8, 4) is 0 Å². The molecule has 2 aromatic rings. The van der Waals surface area contributed by atoms with Gasteiger partial charge < -0.3 is 5.11 Å². The van der Waals surface area contributed by atoms with E-state index < -0.39 is 6.10 Å². The minimum absolute atomic E-state index is 0.512. The van der Waals surface area contributed by atoms with Crippen LogP contribution in [0.25, 0.3) is 0 Å². The molecule has 1 heterocycles. The highest BCUT2D eigenvalue weighted by Crippen LogP contribution is 2.33. The van der Waals surface area contributed by atoms with E-state index >= 15 is 0 Å². The van der Waals surface area contributed by atoms with E-state index in [-0.39, 0.29) is 0 Å². The summed E-state index contributed by atoms with van der Waals surface area (Å²) in [6.07, 6.45) is -0.512. The van der Waals surface area contributed by atoms with Crippen molar-refractivity contribution in [3.63, 3.8) is 0 Å². The fourth-order valence-corrected chi connectivity index (χ4v) is 3.29. The molecule has 0 aliphatic heterocycles. The minimum atomic E-state index is -0.512. The average Bonchev–Trinajstić information content (AvgIpc) is 2.69. The van der Waals surface area contributed by atoms with Gasteiger partial charge in [0.2, 0.25) is 0 Å². The number of thiophene rings is 1. The predicted octanol–water partition coefficient (Wildman–Crippen LogP) is 4.52. The Morgan fingerprint density at radius 1 is 1.12 bits per heavy atom. The summed E-state index contributed by atoms with van der Waals surface area (Å²) in [5.74, 6) is 0. The maximum absolute atomic E-state index is 10.5. The Hall–Kier alpha value is -0.640. The molecule has 0 amide bonds. The Morgan fingerprint density at radius 2 is 1.82 bits per heavy atom. The third kappa shape index (κ3) is 2.46. The van der Waals surface area contributed by atoms with Gasteiger partial charge in [-0.15, -0.1) is 11.3 Å². The van der Waals surface area contributed by atoms with E-state index in [2.05, 4.69) is 28.1 Å². The second kappa shape index (κ2) is 4.92. The van der Waals surface area contributed by atoms with Crippen LogP contribution in [0.1, 0.15) is 33.2 Å². The summed E-state index contributed by atoms with van der Waals surface area (Å²) in [7, 11) is 0. The summed E-state index contributed by atoms with van der Waals surface area (Å²) in [6, 6.07) is 6.17. The zero-order valence-corrected chi connectivity index (χ0v) is 12.5. The fraction of sp³-hybridized carbons (Fsp3) is 0.286. The lowest BCUT2D eigenvalue weighted by molar-refractivity contribution is 0.222. The van der Waals surface area contributed by atoms with Crippen molar-refractivity contribution < 1.29 is 5.11 Å². The minimum Gasteiger partial charge on any atom is -0.383 e. The van der Waals surface area contributed by atoms with Gasteiger partial charge in [-0.3, -0.25) is 0 Å². The number of halogens is 1. The van der Waals surface area contributed by atoms with Crippen LogP contribution in [-0.2, 0) is 0 Å². The van der Waals surface area contributed by atoms with Gasteiger partial charge in [-0.1, -0.05) is 22.0 Å². The molecule has 0 radical (unpaired) electrons. The van der Waals surface area contributed by atoms with Crippen LogP contribution in [-0.4, -0.2) is 5.11 Å². The van der Waals surface area contributed by atoms with Crippen molar-refractivity contribution >= 4 is 27.3 Å². The first-order valence-corrected chi connectivity index (χ1v) is 7.16. The van der Waals surface area contributed by atoms with E-state index in [1.165, 1.54) is 0 Å². The number of aliphatic hydroxyl groups excluding tert-OH is 1. The molecule has 0 fully saturated rings. The van der Waals surface area contributed by atoms with Crippen molar-refractivity contribution in [3.05, 3.63) is 55.2 Å². The second-order valence-corrected chi connectivity index (χ2v) is 6.13. The van der Waals surface area contributed by atoms with E-state index in [1.54, 1.807) is 11.3 Å². The molecule has 1 unspecified atom stereocenters. The zero-order valence-electron chi connectivity index (χ0n) is 10.1.